The minimum absolute atomic E-state index is 0.191. The van der Waals surface area contributed by atoms with Crippen molar-refractivity contribution in [3.63, 3.8) is 0 Å². The van der Waals surface area contributed by atoms with E-state index in [1.54, 1.807) is 30.2 Å². The van der Waals surface area contributed by atoms with Crippen molar-refractivity contribution in [1.82, 2.24) is 4.98 Å². The number of fused-ring (bicyclic) bond motifs is 1. The van der Waals surface area contributed by atoms with Crippen molar-refractivity contribution in [2.75, 3.05) is 12.0 Å². The number of aromatic nitrogens is 1. The Bertz CT molecular complexity index is 1280. The van der Waals surface area contributed by atoms with Crippen molar-refractivity contribution < 1.29 is 19.1 Å². The van der Waals surface area contributed by atoms with Gasteiger partial charge in [-0.2, -0.15) is 0 Å². The lowest BCUT2D eigenvalue weighted by molar-refractivity contribution is -0.132. The first-order valence-corrected chi connectivity index (χ1v) is 10.3. The summed E-state index contributed by atoms with van der Waals surface area (Å²) >= 11 is 0. The highest BCUT2D eigenvalue weighted by Gasteiger charge is 2.51. The number of carbonyl (C=O) groups is 1. The number of methoxy groups -OCH3 is 1. The van der Waals surface area contributed by atoms with Gasteiger partial charge in [0.2, 0.25) is 5.89 Å². The van der Waals surface area contributed by atoms with Crippen LogP contribution in [0.15, 0.2) is 83.3 Å². The van der Waals surface area contributed by atoms with E-state index in [0.29, 0.717) is 34.2 Å². The molecule has 6 nitrogen and oxygen atoms in total. The minimum atomic E-state index is -1.74. The van der Waals surface area contributed by atoms with Gasteiger partial charge in [0.15, 0.2) is 5.60 Å². The van der Waals surface area contributed by atoms with Crippen LogP contribution in [-0.2, 0) is 16.9 Å². The first kappa shape index (κ1) is 20.0. The van der Waals surface area contributed by atoms with E-state index in [2.05, 4.69) is 4.98 Å². The summed E-state index contributed by atoms with van der Waals surface area (Å²) in [5.74, 6) is 1.43. The molecule has 0 fully saturated rings. The molecule has 0 spiro atoms. The third-order valence-electron chi connectivity index (χ3n) is 5.87. The van der Waals surface area contributed by atoms with Crippen LogP contribution in [0.4, 0.5) is 5.69 Å². The molecule has 5 rings (SSSR count). The number of benzene rings is 3. The number of para-hydroxylation sites is 1. The van der Waals surface area contributed by atoms with Gasteiger partial charge in [0.05, 0.1) is 19.3 Å². The molecule has 1 aliphatic rings. The number of hydrogen-bond acceptors (Lipinski definition) is 5. The number of anilines is 1. The number of rotatable bonds is 5. The first-order valence-electron chi connectivity index (χ1n) is 10.3. The van der Waals surface area contributed by atoms with Crippen molar-refractivity contribution in [2.45, 2.75) is 19.1 Å². The van der Waals surface area contributed by atoms with Gasteiger partial charge < -0.3 is 19.2 Å². The predicted molar refractivity (Wildman–Crippen MR) is 120 cm³/mol. The van der Waals surface area contributed by atoms with Gasteiger partial charge in [0.1, 0.15) is 17.2 Å². The van der Waals surface area contributed by atoms with E-state index in [9.17, 15) is 9.90 Å². The second-order valence-corrected chi connectivity index (χ2v) is 7.74. The van der Waals surface area contributed by atoms with Gasteiger partial charge in [0, 0.05) is 11.1 Å². The van der Waals surface area contributed by atoms with Crippen LogP contribution >= 0.6 is 0 Å². The van der Waals surface area contributed by atoms with E-state index in [-0.39, 0.29) is 6.54 Å². The second-order valence-electron chi connectivity index (χ2n) is 7.74. The van der Waals surface area contributed by atoms with Crippen molar-refractivity contribution in [1.29, 1.82) is 0 Å². The summed E-state index contributed by atoms with van der Waals surface area (Å²) in [6.45, 7) is 2.02. The molecule has 1 aliphatic heterocycles. The zero-order valence-electron chi connectivity index (χ0n) is 17.8. The van der Waals surface area contributed by atoms with Crippen LogP contribution in [0.5, 0.6) is 5.75 Å². The number of ether oxygens (including phenoxy) is 1. The maximum atomic E-state index is 13.6. The Morgan fingerprint density at radius 2 is 1.69 bits per heavy atom. The molecule has 1 atom stereocenters. The predicted octanol–water partition coefficient (Wildman–Crippen LogP) is 4.44. The van der Waals surface area contributed by atoms with Gasteiger partial charge >= 0.3 is 0 Å². The Morgan fingerprint density at radius 1 is 1.00 bits per heavy atom. The summed E-state index contributed by atoms with van der Waals surface area (Å²) in [5, 5.41) is 11.6. The molecule has 32 heavy (non-hydrogen) atoms. The number of carbonyl (C=O) groups excluding carboxylic acids is 1. The Kier molecular flexibility index (Phi) is 4.79. The highest BCUT2D eigenvalue weighted by molar-refractivity contribution is 6.09. The quantitative estimate of drug-likeness (QED) is 0.511. The standard InChI is InChI=1S/C26H22N2O4/c1-17-22(27-24(32-17)18-12-14-20(31-2)15-13-18)16-28-23-11-7-6-10-21(23)26(30,25(28)29)19-8-4-3-5-9-19/h3-15,30H,16H2,1-2H3/t26-/m1/s1. The van der Waals surface area contributed by atoms with Crippen LogP contribution in [0.3, 0.4) is 0 Å². The number of oxazole rings is 1. The molecule has 0 unspecified atom stereocenters. The van der Waals surface area contributed by atoms with E-state index in [1.165, 1.54) is 0 Å². The number of aliphatic hydroxyl groups is 1. The molecule has 3 aromatic carbocycles. The van der Waals surface area contributed by atoms with Crippen molar-refractivity contribution in [2.24, 2.45) is 0 Å². The molecule has 1 N–H and O–H groups in total. The van der Waals surface area contributed by atoms with Gasteiger partial charge in [-0.25, -0.2) is 4.98 Å². The molecule has 1 amide bonds. The molecule has 0 bridgehead atoms. The summed E-state index contributed by atoms with van der Waals surface area (Å²) in [6, 6.07) is 23.8. The molecular formula is C26H22N2O4. The number of nitrogens with zero attached hydrogens (tertiary/aromatic N) is 2. The molecular weight excluding hydrogens is 404 g/mol. The van der Waals surface area contributed by atoms with Crippen LogP contribution in [0.2, 0.25) is 0 Å². The monoisotopic (exact) mass is 426 g/mol. The Balaban J connectivity index is 1.51. The fourth-order valence-corrected chi connectivity index (χ4v) is 4.13. The van der Waals surface area contributed by atoms with Crippen LogP contribution < -0.4 is 9.64 Å². The summed E-state index contributed by atoms with van der Waals surface area (Å²) in [6.07, 6.45) is 0. The summed E-state index contributed by atoms with van der Waals surface area (Å²) in [7, 11) is 1.62. The molecule has 6 heteroatoms. The molecule has 0 saturated carbocycles. The van der Waals surface area contributed by atoms with Crippen molar-refractivity contribution in [3.05, 3.63) is 101 Å². The Labute approximate surface area is 185 Å². The SMILES string of the molecule is COc1ccc(-c2nc(CN3C(=O)[C@@](O)(c4ccccc4)c4ccccc43)c(C)o2)cc1. The lowest BCUT2D eigenvalue weighted by atomic mass is 9.88. The molecule has 2 heterocycles. The summed E-state index contributed by atoms with van der Waals surface area (Å²) in [5.41, 5.74) is 1.47. The first-order chi connectivity index (χ1) is 15.5. The fraction of sp³-hybridized carbons (Fsp3) is 0.154. The van der Waals surface area contributed by atoms with E-state index in [4.69, 9.17) is 9.15 Å². The maximum absolute atomic E-state index is 13.6. The third-order valence-corrected chi connectivity index (χ3v) is 5.87. The number of aryl methyl sites for hydroxylation is 1. The van der Waals surface area contributed by atoms with E-state index in [0.717, 1.165) is 11.3 Å². The molecule has 160 valence electrons. The van der Waals surface area contributed by atoms with E-state index < -0.39 is 11.5 Å². The topological polar surface area (TPSA) is 75.8 Å². The molecule has 0 saturated heterocycles. The van der Waals surface area contributed by atoms with Gasteiger partial charge in [-0.1, -0.05) is 48.5 Å². The summed E-state index contributed by atoms with van der Waals surface area (Å²) < 4.78 is 11.1. The third kappa shape index (κ3) is 3.08. The number of hydrogen-bond donors (Lipinski definition) is 1. The lowest BCUT2D eigenvalue weighted by Gasteiger charge is -2.23. The van der Waals surface area contributed by atoms with E-state index in [1.807, 2.05) is 67.6 Å². The second kappa shape index (κ2) is 7.66. The maximum Gasteiger partial charge on any atom is 0.268 e. The molecule has 1 aromatic heterocycles. The number of amides is 1. The molecule has 0 radical (unpaired) electrons. The normalized spacial score (nSPS) is 17.5. The highest BCUT2D eigenvalue weighted by atomic mass is 16.5. The average molecular weight is 426 g/mol. The Morgan fingerprint density at radius 3 is 2.41 bits per heavy atom. The van der Waals surface area contributed by atoms with Crippen LogP contribution in [0, 0.1) is 6.92 Å². The largest absolute Gasteiger partial charge is 0.497 e. The van der Waals surface area contributed by atoms with E-state index >= 15 is 0 Å². The van der Waals surface area contributed by atoms with Crippen molar-refractivity contribution >= 4 is 11.6 Å². The van der Waals surface area contributed by atoms with Crippen LogP contribution in [0.25, 0.3) is 11.5 Å². The van der Waals surface area contributed by atoms with Gasteiger partial charge in [0.25, 0.3) is 5.91 Å². The van der Waals surface area contributed by atoms with Gasteiger partial charge in [-0.05, 0) is 42.8 Å². The lowest BCUT2D eigenvalue weighted by Crippen LogP contribution is -2.41. The van der Waals surface area contributed by atoms with Crippen molar-refractivity contribution in [3.8, 4) is 17.2 Å². The van der Waals surface area contributed by atoms with Gasteiger partial charge in [-0.3, -0.25) is 4.79 Å². The Hall–Kier alpha value is -3.90. The molecule has 0 aliphatic carbocycles. The zero-order valence-corrected chi connectivity index (χ0v) is 17.8. The van der Waals surface area contributed by atoms with Crippen LogP contribution in [0.1, 0.15) is 22.6 Å². The molecule has 4 aromatic rings. The minimum Gasteiger partial charge on any atom is -0.497 e. The van der Waals surface area contributed by atoms with Gasteiger partial charge in [-0.15, -0.1) is 0 Å². The fourth-order valence-electron chi connectivity index (χ4n) is 4.13. The highest BCUT2D eigenvalue weighted by Crippen LogP contribution is 2.45. The van der Waals surface area contributed by atoms with Crippen LogP contribution in [-0.4, -0.2) is 23.1 Å². The zero-order chi connectivity index (χ0) is 22.3. The smallest absolute Gasteiger partial charge is 0.268 e. The summed E-state index contributed by atoms with van der Waals surface area (Å²) in [4.78, 5) is 19.8. The average Bonchev–Trinajstić information content (AvgIpc) is 3.31.